The summed E-state index contributed by atoms with van der Waals surface area (Å²) in [6.07, 6.45) is 10.6. The minimum atomic E-state index is -0.208. The first-order valence-electron chi connectivity index (χ1n) is 12.0. The second kappa shape index (κ2) is 8.58. The Morgan fingerprint density at radius 3 is 2.63 bits per heavy atom. The Labute approximate surface area is 179 Å². The van der Waals surface area contributed by atoms with Crippen LogP contribution in [0.25, 0.3) is 0 Å². The first kappa shape index (κ1) is 20.4. The third kappa shape index (κ3) is 3.91. The molecule has 2 atom stereocenters. The van der Waals surface area contributed by atoms with Crippen LogP contribution in [0.3, 0.4) is 0 Å². The zero-order valence-electron chi connectivity index (χ0n) is 18.4. The van der Waals surface area contributed by atoms with Crippen LogP contribution in [0.5, 0.6) is 0 Å². The molecule has 5 rings (SSSR count). The summed E-state index contributed by atoms with van der Waals surface area (Å²) in [7, 11) is 0. The van der Waals surface area contributed by atoms with E-state index in [0.717, 1.165) is 70.5 Å². The van der Waals surface area contributed by atoms with E-state index in [9.17, 15) is 4.79 Å². The third-order valence-electron chi connectivity index (χ3n) is 8.14. The number of carbonyl (C=O) groups is 1. The molecule has 0 spiro atoms. The van der Waals surface area contributed by atoms with Gasteiger partial charge in [-0.15, -0.1) is 0 Å². The smallest absolute Gasteiger partial charge is 0.236 e. The van der Waals surface area contributed by atoms with Crippen molar-refractivity contribution in [2.45, 2.75) is 76.2 Å². The first-order chi connectivity index (χ1) is 14.6. The maximum absolute atomic E-state index is 13.1. The lowest BCUT2D eigenvalue weighted by molar-refractivity contribution is -0.131. The van der Waals surface area contributed by atoms with Gasteiger partial charge in [-0.25, -0.2) is 0 Å². The molecule has 7 nitrogen and oxygen atoms in total. The number of rotatable bonds is 5. The fraction of sp³-hybridized carbons (Fsp3) is 0.870. The first-order valence-corrected chi connectivity index (χ1v) is 12.0. The molecular weight excluding hydrogens is 380 g/mol. The molecule has 0 radical (unpaired) electrons. The summed E-state index contributed by atoms with van der Waals surface area (Å²) in [6.45, 7) is 7.06. The molecular formula is C23H36N4O3. The second-order valence-corrected chi connectivity index (χ2v) is 10.1. The fourth-order valence-corrected chi connectivity index (χ4v) is 6.39. The van der Waals surface area contributed by atoms with E-state index in [1.807, 2.05) is 6.92 Å². The van der Waals surface area contributed by atoms with Gasteiger partial charge in [0.05, 0.1) is 5.41 Å². The Morgan fingerprint density at radius 1 is 1.10 bits per heavy atom. The van der Waals surface area contributed by atoms with Crippen molar-refractivity contribution >= 4 is 5.91 Å². The lowest BCUT2D eigenvalue weighted by Gasteiger charge is -2.33. The van der Waals surface area contributed by atoms with E-state index in [2.05, 4.69) is 19.9 Å². The normalized spacial score (nSPS) is 31.4. The van der Waals surface area contributed by atoms with E-state index < -0.39 is 0 Å². The molecule has 4 aliphatic rings. The molecule has 1 aromatic heterocycles. The van der Waals surface area contributed by atoms with Crippen LogP contribution in [0.2, 0.25) is 0 Å². The number of likely N-dealkylation sites (tertiary alicyclic amines) is 2. The van der Waals surface area contributed by atoms with Crippen LogP contribution < -0.4 is 0 Å². The molecule has 3 aliphatic heterocycles. The van der Waals surface area contributed by atoms with Crippen molar-refractivity contribution in [2.24, 2.45) is 11.8 Å². The number of fused-ring (bicyclic) bond motifs is 1. The molecule has 1 aromatic rings. The predicted molar refractivity (Wildman–Crippen MR) is 112 cm³/mol. The van der Waals surface area contributed by atoms with Crippen molar-refractivity contribution in [3.63, 3.8) is 0 Å². The average molecular weight is 417 g/mol. The Hall–Kier alpha value is -1.47. The number of hydrogen-bond donors (Lipinski definition) is 0. The monoisotopic (exact) mass is 416 g/mol. The minimum absolute atomic E-state index is 0.208. The van der Waals surface area contributed by atoms with Crippen molar-refractivity contribution in [3.05, 3.63) is 11.7 Å². The van der Waals surface area contributed by atoms with Crippen molar-refractivity contribution in [1.29, 1.82) is 0 Å². The van der Waals surface area contributed by atoms with Crippen LogP contribution in [0.15, 0.2) is 4.52 Å². The molecule has 3 saturated heterocycles. The number of nitrogens with zero attached hydrogens (tertiary/aromatic N) is 4. The highest BCUT2D eigenvalue weighted by atomic mass is 16.5. The van der Waals surface area contributed by atoms with Gasteiger partial charge in [0.15, 0.2) is 5.82 Å². The molecule has 0 N–H and O–H groups in total. The number of aromatic nitrogens is 2. The Kier molecular flexibility index (Phi) is 5.84. The van der Waals surface area contributed by atoms with E-state index >= 15 is 0 Å². The van der Waals surface area contributed by atoms with Crippen LogP contribution in [-0.4, -0.2) is 71.3 Å². The number of aryl methyl sites for hydroxylation is 1. The van der Waals surface area contributed by atoms with Gasteiger partial charge in [0.2, 0.25) is 11.8 Å². The molecule has 166 valence electrons. The standard InChI is InChI=1S/C23H36N4O3/c1-17-24-22(30-25-17)23-15-26(20-9-11-29-12-10-20)13-19(23)14-27(16-23)21(28)8-7-18-5-3-2-4-6-18/h18-20H,2-16H2,1H3/t19-,23-/m1/s1. The third-order valence-corrected chi connectivity index (χ3v) is 8.14. The topological polar surface area (TPSA) is 71.7 Å². The van der Waals surface area contributed by atoms with Gasteiger partial charge in [-0.05, 0) is 32.1 Å². The molecule has 30 heavy (non-hydrogen) atoms. The molecule has 1 aliphatic carbocycles. The molecule has 0 aromatic carbocycles. The van der Waals surface area contributed by atoms with E-state index in [4.69, 9.17) is 9.26 Å². The SMILES string of the molecule is Cc1noc([C@]23CN(C(=O)CCC4CCCCC4)C[C@H]2CN(C2CCOCC2)C3)n1. The second-order valence-electron chi connectivity index (χ2n) is 10.1. The maximum Gasteiger partial charge on any atom is 0.236 e. The Balaban J connectivity index is 1.28. The van der Waals surface area contributed by atoms with Crippen molar-refractivity contribution in [3.8, 4) is 0 Å². The number of amides is 1. The van der Waals surface area contributed by atoms with Gasteiger partial charge < -0.3 is 14.2 Å². The molecule has 0 unspecified atom stereocenters. The van der Waals surface area contributed by atoms with Crippen LogP contribution in [0.1, 0.15) is 69.5 Å². The summed E-state index contributed by atoms with van der Waals surface area (Å²) in [6, 6.07) is 0.570. The molecule has 7 heteroatoms. The molecule has 4 fully saturated rings. The highest BCUT2D eigenvalue weighted by Gasteiger charge is 2.58. The van der Waals surface area contributed by atoms with Crippen LogP contribution >= 0.6 is 0 Å². The van der Waals surface area contributed by atoms with Gasteiger partial charge in [0.25, 0.3) is 0 Å². The van der Waals surface area contributed by atoms with Crippen molar-refractivity contribution < 1.29 is 14.1 Å². The summed E-state index contributed by atoms with van der Waals surface area (Å²) < 4.78 is 11.3. The summed E-state index contributed by atoms with van der Waals surface area (Å²) in [5, 5.41) is 4.09. The van der Waals surface area contributed by atoms with Crippen LogP contribution in [-0.2, 0) is 14.9 Å². The number of carbonyl (C=O) groups excluding carboxylic acids is 1. The van der Waals surface area contributed by atoms with Crippen LogP contribution in [0, 0.1) is 18.8 Å². The zero-order valence-corrected chi connectivity index (χ0v) is 18.4. The summed E-state index contributed by atoms with van der Waals surface area (Å²) in [5.74, 6) is 2.87. The predicted octanol–water partition coefficient (Wildman–Crippen LogP) is 2.93. The van der Waals surface area contributed by atoms with E-state index in [-0.39, 0.29) is 5.41 Å². The van der Waals surface area contributed by atoms with E-state index in [0.29, 0.717) is 30.1 Å². The lowest BCUT2D eigenvalue weighted by Crippen LogP contribution is -2.44. The number of hydrogen-bond acceptors (Lipinski definition) is 6. The quantitative estimate of drug-likeness (QED) is 0.735. The summed E-state index contributed by atoms with van der Waals surface area (Å²) in [5.41, 5.74) is -0.208. The highest BCUT2D eigenvalue weighted by molar-refractivity contribution is 5.77. The molecule has 1 saturated carbocycles. The zero-order chi connectivity index (χ0) is 20.6. The average Bonchev–Trinajstić information content (AvgIpc) is 3.46. The highest BCUT2D eigenvalue weighted by Crippen LogP contribution is 2.46. The lowest BCUT2D eigenvalue weighted by atomic mass is 9.81. The molecule has 0 bridgehead atoms. The van der Waals surface area contributed by atoms with E-state index in [1.54, 1.807) is 0 Å². The summed E-state index contributed by atoms with van der Waals surface area (Å²) >= 11 is 0. The van der Waals surface area contributed by atoms with Crippen molar-refractivity contribution in [1.82, 2.24) is 19.9 Å². The van der Waals surface area contributed by atoms with Gasteiger partial charge in [0, 0.05) is 57.8 Å². The minimum Gasteiger partial charge on any atom is -0.381 e. The summed E-state index contributed by atoms with van der Waals surface area (Å²) in [4.78, 5) is 22.5. The van der Waals surface area contributed by atoms with Gasteiger partial charge in [-0.1, -0.05) is 37.3 Å². The Bertz CT molecular complexity index is 741. The largest absolute Gasteiger partial charge is 0.381 e. The molecule has 4 heterocycles. The van der Waals surface area contributed by atoms with E-state index in [1.165, 1.54) is 32.1 Å². The van der Waals surface area contributed by atoms with Gasteiger partial charge in [-0.2, -0.15) is 4.98 Å². The van der Waals surface area contributed by atoms with Crippen molar-refractivity contribution in [2.75, 3.05) is 39.4 Å². The Morgan fingerprint density at radius 2 is 1.90 bits per heavy atom. The number of ether oxygens (including phenoxy) is 1. The van der Waals surface area contributed by atoms with Gasteiger partial charge in [0.1, 0.15) is 0 Å². The van der Waals surface area contributed by atoms with Gasteiger partial charge >= 0.3 is 0 Å². The maximum atomic E-state index is 13.1. The fourth-order valence-electron chi connectivity index (χ4n) is 6.39. The van der Waals surface area contributed by atoms with Crippen LogP contribution in [0.4, 0.5) is 0 Å². The van der Waals surface area contributed by atoms with Gasteiger partial charge in [-0.3, -0.25) is 9.69 Å². The molecule has 1 amide bonds.